The maximum absolute atomic E-state index is 3.68. The summed E-state index contributed by atoms with van der Waals surface area (Å²) in [4.78, 5) is 0. The summed E-state index contributed by atoms with van der Waals surface area (Å²) in [5, 5.41) is 3.54. The first-order valence-corrected chi connectivity index (χ1v) is 6.89. The van der Waals surface area contributed by atoms with Crippen LogP contribution in [0.2, 0.25) is 0 Å². The number of nitrogens with one attached hydrogen (secondary N) is 1. The van der Waals surface area contributed by atoms with E-state index in [4.69, 9.17) is 0 Å². The molecule has 2 heteroatoms. The quantitative estimate of drug-likeness (QED) is 0.745. The highest BCUT2D eigenvalue weighted by molar-refractivity contribution is 9.10. The molecule has 0 bridgehead atoms. The van der Waals surface area contributed by atoms with Gasteiger partial charge in [0.2, 0.25) is 0 Å². The predicted octanol–water partition coefficient (Wildman–Crippen LogP) is 5.27. The van der Waals surface area contributed by atoms with Crippen molar-refractivity contribution >= 4 is 21.6 Å². The lowest BCUT2D eigenvalue weighted by molar-refractivity contribution is 0.586. The van der Waals surface area contributed by atoms with Crippen LogP contribution in [-0.2, 0) is 5.41 Å². The number of rotatable bonds is 1. The van der Waals surface area contributed by atoms with E-state index in [1.807, 2.05) is 0 Å². The van der Waals surface area contributed by atoms with Crippen LogP contribution in [0.5, 0.6) is 0 Å². The Morgan fingerprint density at radius 1 is 1.00 bits per heavy atom. The highest BCUT2D eigenvalue weighted by atomic mass is 79.9. The van der Waals surface area contributed by atoms with Gasteiger partial charge in [0.15, 0.2) is 0 Å². The molecule has 0 fully saturated rings. The van der Waals surface area contributed by atoms with Crippen LogP contribution in [0, 0.1) is 6.92 Å². The maximum atomic E-state index is 3.68. The molecule has 0 spiro atoms. The summed E-state index contributed by atoms with van der Waals surface area (Å²) in [6, 6.07) is 4.47. The van der Waals surface area contributed by atoms with E-state index in [1.165, 1.54) is 21.3 Å². The van der Waals surface area contributed by atoms with Gasteiger partial charge in [-0.1, -0.05) is 42.8 Å². The van der Waals surface area contributed by atoms with Crippen molar-refractivity contribution in [3.63, 3.8) is 0 Å². The maximum Gasteiger partial charge on any atom is 0.0385 e. The lowest BCUT2D eigenvalue weighted by Gasteiger charge is -2.27. The molecular weight excluding hydrogens is 274 g/mol. The number of halogens is 1. The van der Waals surface area contributed by atoms with Crippen LogP contribution in [0.4, 0.5) is 5.69 Å². The average Bonchev–Trinajstić information content (AvgIpc) is 2.06. The molecule has 1 N–H and O–H groups in total. The Kier molecular flexibility index (Phi) is 3.97. The van der Waals surface area contributed by atoms with Crippen LogP contribution in [0.3, 0.4) is 0 Å². The van der Waals surface area contributed by atoms with Crippen LogP contribution in [0.25, 0.3) is 0 Å². The Hall–Kier alpha value is -0.500. The van der Waals surface area contributed by atoms with Crippen molar-refractivity contribution in [3.8, 4) is 0 Å². The van der Waals surface area contributed by atoms with Gasteiger partial charge in [-0.2, -0.15) is 0 Å². The molecule has 17 heavy (non-hydrogen) atoms. The molecule has 0 atom stereocenters. The van der Waals surface area contributed by atoms with Crippen molar-refractivity contribution < 1.29 is 0 Å². The van der Waals surface area contributed by atoms with E-state index in [-0.39, 0.29) is 11.0 Å². The van der Waals surface area contributed by atoms with Crippen LogP contribution in [0.1, 0.15) is 52.7 Å². The van der Waals surface area contributed by atoms with Gasteiger partial charge in [0.25, 0.3) is 0 Å². The van der Waals surface area contributed by atoms with Crippen molar-refractivity contribution in [1.82, 2.24) is 0 Å². The first-order valence-electron chi connectivity index (χ1n) is 6.09. The fourth-order valence-corrected chi connectivity index (χ4v) is 2.73. The van der Waals surface area contributed by atoms with Crippen LogP contribution >= 0.6 is 15.9 Å². The van der Waals surface area contributed by atoms with Crippen molar-refractivity contribution in [1.29, 1.82) is 0 Å². The average molecular weight is 298 g/mol. The highest BCUT2D eigenvalue weighted by Gasteiger charge is 2.19. The second kappa shape index (κ2) is 4.64. The lowest BCUT2D eigenvalue weighted by atomic mass is 9.86. The Labute approximate surface area is 114 Å². The molecule has 0 amide bonds. The van der Waals surface area contributed by atoms with E-state index in [0.29, 0.717) is 0 Å². The summed E-state index contributed by atoms with van der Waals surface area (Å²) in [5.74, 6) is 0. The number of aryl methyl sites for hydroxylation is 1. The second-order valence-electron chi connectivity index (χ2n) is 6.77. The second-order valence-corrected chi connectivity index (χ2v) is 7.63. The summed E-state index contributed by atoms with van der Waals surface area (Å²) in [5.41, 5.74) is 4.12. The van der Waals surface area contributed by atoms with Gasteiger partial charge in [0, 0.05) is 15.7 Å². The van der Waals surface area contributed by atoms with Crippen molar-refractivity contribution in [2.45, 2.75) is 59.4 Å². The molecule has 1 rings (SSSR count). The minimum absolute atomic E-state index is 0.0907. The van der Waals surface area contributed by atoms with Crippen molar-refractivity contribution in [2.75, 3.05) is 5.32 Å². The normalized spacial score (nSPS) is 12.7. The molecule has 0 heterocycles. The fourth-order valence-electron chi connectivity index (χ4n) is 1.79. The molecule has 0 radical (unpaired) electrons. The van der Waals surface area contributed by atoms with Crippen molar-refractivity contribution in [3.05, 3.63) is 27.7 Å². The summed E-state index contributed by atoms with van der Waals surface area (Å²) in [6.07, 6.45) is 0. The topological polar surface area (TPSA) is 12.0 Å². The summed E-state index contributed by atoms with van der Waals surface area (Å²) in [6.45, 7) is 15.4. The molecule has 0 saturated heterocycles. The first kappa shape index (κ1) is 14.6. The molecule has 1 nitrogen and oxygen atoms in total. The van der Waals surface area contributed by atoms with Gasteiger partial charge in [0.1, 0.15) is 0 Å². The zero-order chi connectivity index (χ0) is 13.4. The Bertz CT molecular complexity index is 408. The van der Waals surface area contributed by atoms with Crippen molar-refractivity contribution in [2.24, 2.45) is 0 Å². The van der Waals surface area contributed by atoms with Crippen LogP contribution < -0.4 is 5.32 Å². The van der Waals surface area contributed by atoms with Crippen LogP contribution in [0.15, 0.2) is 16.6 Å². The summed E-state index contributed by atoms with van der Waals surface area (Å²) < 4.78 is 1.18. The van der Waals surface area contributed by atoms with Gasteiger partial charge in [-0.25, -0.2) is 0 Å². The Morgan fingerprint density at radius 2 is 1.53 bits per heavy atom. The first-order chi connectivity index (χ1) is 7.50. The third kappa shape index (κ3) is 4.02. The number of hydrogen-bond donors (Lipinski definition) is 1. The predicted molar refractivity (Wildman–Crippen MR) is 81.0 cm³/mol. The van der Waals surface area contributed by atoms with Gasteiger partial charge >= 0.3 is 0 Å². The molecule has 96 valence electrons. The van der Waals surface area contributed by atoms with E-state index in [0.717, 1.165) is 0 Å². The van der Waals surface area contributed by atoms with Gasteiger partial charge in [-0.15, -0.1) is 0 Å². The van der Waals surface area contributed by atoms with Gasteiger partial charge in [0.05, 0.1) is 0 Å². The Balaban J connectivity index is 3.19. The van der Waals surface area contributed by atoms with E-state index >= 15 is 0 Å². The molecule has 0 saturated carbocycles. The van der Waals surface area contributed by atoms with E-state index in [9.17, 15) is 0 Å². The smallest absolute Gasteiger partial charge is 0.0385 e. The Morgan fingerprint density at radius 3 is 1.94 bits per heavy atom. The molecule has 0 aliphatic heterocycles. The number of benzene rings is 1. The minimum Gasteiger partial charge on any atom is -0.380 e. The molecule has 0 aromatic heterocycles. The van der Waals surface area contributed by atoms with Gasteiger partial charge < -0.3 is 5.32 Å². The number of anilines is 1. The molecule has 0 aliphatic carbocycles. The largest absolute Gasteiger partial charge is 0.380 e. The van der Waals surface area contributed by atoms with E-state index in [2.05, 4.69) is 81.8 Å². The summed E-state index contributed by atoms with van der Waals surface area (Å²) >= 11 is 3.68. The lowest BCUT2D eigenvalue weighted by Crippen LogP contribution is -2.26. The van der Waals surface area contributed by atoms with E-state index < -0.39 is 0 Å². The summed E-state index contributed by atoms with van der Waals surface area (Å²) in [7, 11) is 0. The SMILES string of the molecule is Cc1cc(C(C)(C)C)c(Br)cc1NC(C)(C)C. The highest BCUT2D eigenvalue weighted by Crippen LogP contribution is 2.34. The number of hydrogen-bond acceptors (Lipinski definition) is 1. The third-order valence-electron chi connectivity index (χ3n) is 2.63. The monoisotopic (exact) mass is 297 g/mol. The third-order valence-corrected chi connectivity index (χ3v) is 3.29. The molecule has 0 aliphatic rings. The molecule has 1 aromatic carbocycles. The van der Waals surface area contributed by atoms with Gasteiger partial charge in [-0.3, -0.25) is 0 Å². The standard InChI is InChI=1S/C15H24BrN/c1-10-8-11(14(2,3)4)12(16)9-13(10)17-15(5,6)7/h8-9,17H,1-7H3. The van der Waals surface area contributed by atoms with E-state index in [1.54, 1.807) is 0 Å². The zero-order valence-corrected chi connectivity index (χ0v) is 13.6. The fraction of sp³-hybridized carbons (Fsp3) is 0.600. The van der Waals surface area contributed by atoms with Gasteiger partial charge in [-0.05, 0) is 50.3 Å². The molecule has 1 aromatic rings. The molecular formula is C15H24BrN. The minimum atomic E-state index is 0.0907. The zero-order valence-electron chi connectivity index (χ0n) is 12.0. The molecule has 0 unspecified atom stereocenters. The van der Waals surface area contributed by atoms with Crippen LogP contribution in [-0.4, -0.2) is 5.54 Å².